The molecule has 4 aromatic rings. The van der Waals surface area contributed by atoms with Gasteiger partial charge in [0.1, 0.15) is 5.75 Å². The highest BCUT2D eigenvalue weighted by Crippen LogP contribution is 2.30. The monoisotopic (exact) mass is 526 g/mol. The second kappa shape index (κ2) is 6.07. The molecule has 126 valence electrons. The number of aryl methyl sites for hydroxylation is 2. The first kappa shape index (κ1) is 17.0. The van der Waals surface area contributed by atoms with Crippen LogP contribution < -0.4 is 10.1 Å². The molecule has 2 heterocycles. The van der Waals surface area contributed by atoms with Crippen molar-refractivity contribution in [1.82, 2.24) is 9.38 Å². The maximum absolute atomic E-state index is 12.9. The lowest BCUT2D eigenvalue weighted by molar-refractivity contribution is 0.468. The smallest absolute Gasteiger partial charge is 0.274 e. The number of thiazole rings is 1. The number of phenolic OH excluding ortho intramolecular Hbond substituents is 1. The summed E-state index contributed by atoms with van der Waals surface area (Å²) in [7, 11) is 0. The van der Waals surface area contributed by atoms with Gasteiger partial charge in [0.15, 0.2) is 4.96 Å². The summed E-state index contributed by atoms with van der Waals surface area (Å²) in [5.41, 5.74) is 4.79. The molecule has 0 fully saturated rings. The molecular formula is C18H12BrIN2O2S. The summed E-state index contributed by atoms with van der Waals surface area (Å²) in [6.07, 6.45) is 1.83. The van der Waals surface area contributed by atoms with E-state index in [9.17, 15) is 9.90 Å². The first-order valence-electron chi connectivity index (χ1n) is 7.47. The van der Waals surface area contributed by atoms with Crippen LogP contribution in [0.3, 0.4) is 0 Å². The van der Waals surface area contributed by atoms with Crippen molar-refractivity contribution in [2.75, 3.05) is 0 Å². The van der Waals surface area contributed by atoms with Crippen molar-refractivity contribution >= 4 is 71.9 Å². The molecule has 2 aromatic carbocycles. The van der Waals surface area contributed by atoms with Crippen molar-refractivity contribution in [2.24, 2.45) is 0 Å². The van der Waals surface area contributed by atoms with Gasteiger partial charge in [-0.1, -0.05) is 11.3 Å². The number of nitrogens with zero attached hydrogens (tertiary/aromatic N) is 2. The van der Waals surface area contributed by atoms with E-state index >= 15 is 0 Å². The first-order chi connectivity index (χ1) is 11.8. The molecule has 25 heavy (non-hydrogen) atoms. The van der Waals surface area contributed by atoms with E-state index in [4.69, 9.17) is 0 Å². The first-order valence-corrected chi connectivity index (χ1v) is 10.2. The minimum atomic E-state index is -0.0649. The number of benzene rings is 2. The van der Waals surface area contributed by atoms with Gasteiger partial charge < -0.3 is 5.11 Å². The highest BCUT2D eigenvalue weighted by Gasteiger charge is 2.13. The number of aromatic hydroxyl groups is 1. The summed E-state index contributed by atoms with van der Waals surface area (Å²) in [6, 6.07) is 7.68. The lowest BCUT2D eigenvalue weighted by Crippen LogP contribution is -2.22. The topological polar surface area (TPSA) is 54.6 Å². The van der Waals surface area contributed by atoms with E-state index in [2.05, 4.69) is 43.5 Å². The van der Waals surface area contributed by atoms with Gasteiger partial charge in [-0.3, -0.25) is 4.79 Å². The van der Waals surface area contributed by atoms with Gasteiger partial charge in [0, 0.05) is 0 Å². The predicted octanol–water partition coefficient (Wildman–Crippen LogP) is 4.15. The summed E-state index contributed by atoms with van der Waals surface area (Å²) in [5, 5.41) is 9.86. The van der Waals surface area contributed by atoms with Crippen LogP contribution in [0.25, 0.3) is 22.1 Å². The Morgan fingerprint density at radius 2 is 1.96 bits per heavy atom. The van der Waals surface area contributed by atoms with Crippen molar-refractivity contribution < 1.29 is 5.11 Å². The molecule has 0 amide bonds. The van der Waals surface area contributed by atoms with Crippen LogP contribution >= 0.6 is 49.9 Å². The third-order valence-corrected chi connectivity index (χ3v) is 6.59. The molecule has 0 bridgehead atoms. The molecule has 0 aliphatic carbocycles. The molecule has 0 radical (unpaired) electrons. The van der Waals surface area contributed by atoms with Gasteiger partial charge >= 0.3 is 0 Å². The normalized spacial score (nSPS) is 12.6. The van der Waals surface area contributed by atoms with E-state index in [1.165, 1.54) is 16.9 Å². The molecule has 0 saturated heterocycles. The fourth-order valence-electron chi connectivity index (χ4n) is 2.74. The Balaban J connectivity index is 1.99. The number of fused-ring (bicyclic) bond motifs is 3. The van der Waals surface area contributed by atoms with Gasteiger partial charge in [-0.25, -0.2) is 9.38 Å². The molecule has 4 nitrogen and oxygen atoms in total. The summed E-state index contributed by atoms with van der Waals surface area (Å²) >= 11 is 6.78. The zero-order chi connectivity index (χ0) is 17.9. The Morgan fingerprint density at radius 1 is 1.24 bits per heavy atom. The zero-order valence-electron chi connectivity index (χ0n) is 13.3. The van der Waals surface area contributed by atoms with Crippen LogP contribution in [-0.2, 0) is 0 Å². The van der Waals surface area contributed by atoms with Crippen LogP contribution in [0.5, 0.6) is 5.75 Å². The van der Waals surface area contributed by atoms with Crippen molar-refractivity contribution in [1.29, 1.82) is 0 Å². The van der Waals surface area contributed by atoms with E-state index in [0.29, 0.717) is 14.0 Å². The fourth-order valence-corrected chi connectivity index (χ4v) is 5.22. The molecule has 0 aliphatic rings. The van der Waals surface area contributed by atoms with Gasteiger partial charge in [0.25, 0.3) is 5.56 Å². The number of imidazole rings is 1. The highest BCUT2D eigenvalue weighted by atomic mass is 127. The molecule has 0 unspecified atom stereocenters. The molecule has 0 atom stereocenters. The molecule has 0 saturated carbocycles. The molecule has 4 rings (SSSR count). The Bertz CT molecular complexity index is 1250. The second-order valence-electron chi connectivity index (χ2n) is 5.90. The van der Waals surface area contributed by atoms with Crippen LogP contribution in [-0.4, -0.2) is 14.5 Å². The summed E-state index contributed by atoms with van der Waals surface area (Å²) in [6.45, 7) is 4.08. The van der Waals surface area contributed by atoms with Crippen molar-refractivity contribution in [3.8, 4) is 5.75 Å². The maximum Gasteiger partial charge on any atom is 0.274 e. The van der Waals surface area contributed by atoms with E-state index in [1.807, 2.05) is 38.1 Å². The number of halogens is 2. The van der Waals surface area contributed by atoms with Crippen molar-refractivity contribution in [2.45, 2.75) is 13.8 Å². The van der Waals surface area contributed by atoms with Gasteiger partial charge in [-0.05, 0) is 99.4 Å². The molecule has 0 aliphatic heterocycles. The molecule has 2 aromatic heterocycles. The average molecular weight is 527 g/mol. The van der Waals surface area contributed by atoms with E-state index < -0.39 is 0 Å². The third-order valence-electron chi connectivity index (χ3n) is 4.19. The average Bonchev–Trinajstić information content (AvgIpc) is 3.03. The van der Waals surface area contributed by atoms with E-state index in [1.54, 1.807) is 10.5 Å². The number of hydrogen-bond donors (Lipinski definition) is 1. The zero-order valence-corrected chi connectivity index (χ0v) is 17.9. The Kier molecular flexibility index (Phi) is 4.12. The standard InChI is InChI=1S/C18H12BrIN2O2S/c1-8-3-13-14(4-9(8)2)22-17(24)15(25-18(22)21-13)7-10-5-11(19)16(23)12(20)6-10/h3-7,23H,1-2H3/b15-7-. The minimum absolute atomic E-state index is 0.0649. The summed E-state index contributed by atoms with van der Waals surface area (Å²) < 4.78 is 3.63. The number of phenols is 1. The Morgan fingerprint density at radius 3 is 2.68 bits per heavy atom. The number of aromatic nitrogens is 2. The van der Waals surface area contributed by atoms with Gasteiger partial charge in [0.05, 0.1) is 23.6 Å². The number of rotatable bonds is 1. The minimum Gasteiger partial charge on any atom is -0.506 e. The fraction of sp³-hybridized carbons (Fsp3) is 0.111. The van der Waals surface area contributed by atoms with Crippen molar-refractivity contribution in [3.05, 3.63) is 63.9 Å². The SMILES string of the molecule is Cc1cc2nc3s/c(=C\c4cc(Br)c(O)c(I)c4)c(=O)n3c2cc1C. The lowest BCUT2D eigenvalue weighted by atomic mass is 10.1. The largest absolute Gasteiger partial charge is 0.506 e. The van der Waals surface area contributed by atoms with Crippen LogP contribution in [0.4, 0.5) is 0 Å². The maximum atomic E-state index is 12.9. The van der Waals surface area contributed by atoms with Crippen LogP contribution in [0.1, 0.15) is 16.7 Å². The Hall–Kier alpha value is -1.45. The number of hydrogen-bond acceptors (Lipinski definition) is 4. The molecular weight excluding hydrogens is 515 g/mol. The van der Waals surface area contributed by atoms with E-state index in [0.717, 1.165) is 25.7 Å². The third kappa shape index (κ3) is 2.78. The van der Waals surface area contributed by atoms with Gasteiger partial charge in [0.2, 0.25) is 0 Å². The molecule has 1 N–H and O–H groups in total. The highest BCUT2D eigenvalue weighted by molar-refractivity contribution is 14.1. The van der Waals surface area contributed by atoms with Crippen LogP contribution in [0.15, 0.2) is 33.5 Å². The Labute approximate surface area is 169 Å². The van der Waals surface area contributed by atoms with Gasteiger partial charge in [-0.15, -0.1) is 0 Å². The predicted molar refractivity (Wildman–Crippen MR) is 114 cm³/mol. The summed E-state index contributed by atoms with van der Waals surface area (Å²) in [5.74, 6) is 0.206. The lowest BCUT2D eigenvalue weighted by Gasteiger charge is -2.01. The molecule has 7 heteroatoms. The van der Waals surface area contributed by atoms with Crippen LogP contribution in [0.2, 0.25) is 0 Å². The quantitative estimate of drug-likeness (QED) is 0.379. The van der Waals surface area contributed by atoms with E-state index in [-0.39, 0.29) is 11.3 Å². The van der Waals surface area contributed by atoms with Crippen LogP contribution in [0, 0.1) is 17.4 Å². The second-order valence-corrected chi connectivity index (χ2v) is 8.93. The van der Waals surface area contributed by atoms with Gasteiger partial charge in [-0.2, -0.15) is 0 Å². The summed E-state index contributed by atoms with van der Waals surface area (Å²) in [4.78, 5) is 18.2. The molecule has 0 spiro atoms. The van der Waals surface area contributed by atoms with Crippen molar-refractivity contribution in [3.63, 3.8) is 0 Å².